The van der Waals surface area contributed by atoms with E-state index in [9.17, 15) is 0 Å². The van der Waals surface area contributed by atoms with Crippen molar-refractivity contribution in [2.75, 3.05) is 13.7 Å². The molecular formula is C26H26N2O. The molecule has 0 unspecified atom stereocenters. The minimum absolute atomic E-state index is 0.151. The normalized spacial score (nSPS) is 20.9. The largest absolute Gasteiger partial charge is 0.399 e. The van der Waals surface area contributed by atoms with Gasteiger partial charge in [0.1, 0.15) is 12.8 Å². The number of aliphatic imine (C=N–C) groups is 1. The van der Waals surface area contributed by atoms with E-state index in [2.05, 4.69) is 78.0 Å². The van der Waals surface area contributed by atoms with Crippen LogP contribution in [0.4, 0.5) is 0 Å². The number of rotatable bonds is 5. The quantitative estimate of drug-likeness (QED) is 0.497. The van der Waals surface area contributed by atoms with E-state index in [1.807, 2.05) is 0 Å². The third kappa shape index (κ3) is 3.05. The Bertz CT molecular complexity index is 972. The Morgan fingerprint density at radius 1 is 1.00 bits per heavy atom. The Morgan fingerprint density at radius 2 is 1.66 bits per heavy atom. The Balaban J connectivity index is 1.54. The summed E-state index contributed by atoms with van der Waals surface area (Å²) in [7, 11) is 1.63. The van der Waals surface area contributed by atoms with Crippen molar-refractivity contribution in [3.05, 3.63) is 95.1 Å². The summed E-state index contributed by atoms with van der Waals surface area (Å²) in [6.07, 6.45) is 9.26. The van der Waals surface area contributed by atoms with Crippen LogP contribution in [0.2, 0.25) is 0 Å². The maximum Gasteiger partial charge on any atom is 0.109 e. The van der Waals surface area contributed by atoms with Crippen LogP contribution < -0.4 is 0 Å². The Labute approximate surface area is 172 Å². The highest BCUT2D eigenvalue weighted by Crippen LogP contribution is 2.45. The molecule has 1 fully saturated rings. The molecule has 0 bridgehead atoms. The fourth-order valence-electron chi connectivity index (χ4n) is 4.83. The lowest BCUT2D eigenvalue weighted by Gasteiger charge is -2.36. The summed E-state index contributed by atoms with van der Waals surface area (Å²) in [5, 5.41) is 4.39. The van der Waals surface area contributed by atoms with Crippen LogP contribution in [0.5, 0.6) is 0 Å². The van der Waals surface area contributed by atoms with Gasteiger partial charge < -0.3 is 4.84 Å². The second kappa shape index (κ2) is 7.47. The Kier molecular flexibility index (Phi) is 4.67. The van der Waals surface area contributed by atoms with Gasteiger partial charge in [-0.15, -0.1) is 0 Å². The molecule has 2 aromatic carbocycles. The highest BCUT2D eigenvalue weighted by atomic mass is 16.6. The van der Waals surface area contributed by atoms with E-state index in [0.29, 0.717) is 5.92 Å². The van der Waals surface area contributed by atoms with Crippen LogP contribution in [-0.4, -0.2) is 25.1 Å². The van der Waals surface area contributed by atoms with Crippen LogP contribution in [0.15, 0.2) is 94.1 Å². The van der Waals surface area contributed by atoms with Gasteiger partial charge in [-0.2, -0.15) is 0 Å². The first-order valence-electron chi connectivity index (χ1n) is 10.5. The minimum Gasteiger partial charge on any atom is -0.399 e. The molecule has 0 N–H and O–H groups in total. The highest BCUT2D eigenvalue weighted by Gasteiger charge is 2.39. The Hall–Kier alpha value is -2.94. The topological polar surface area (TPSA) is 34.0 Å². The molecule has 0 spiro atoms. The molecular weight excluding hydrogens is 356 g/mol. The summed E-state index contributed by atoms with van der Waals surface area (Å²) < 4.78 is 0. The third-order valence-corrected chi connectivity index (χ3v) is 6.59. The van der Waals surface area contributed by atoms with Crippen molar-refractivity contribution in [2.45, 2.75) is 31.1 Å². The van der Waals surface area contributed by atoms with Gasteiger partial charge in [-0.3, -0.25) is 4.99 Å². The lowest BCUT2D eigenvalue weighted by molar-refractivity contribution is 0.209. The molecule has 1 aliphatic heterocycles. The number of benzene rings is 2. The van der Waals surface area contributed by atoms with E-state index >= 15 is 0 Å². The van der Waals surface area contributed by atoms with Gasteiger partial charge in [-0.25, -0.2) is 0 Å². The van der Waals surface area contributed by atoms with Gasteiger partial charge in [-0.05, 0) is 36.0 Å². The van der Waals surface area contributed by atoms with Gasteiger partial charge in [-0.1, -0.05) is 84.4 Å². The fourth-order valence-corrected chi connectivity index (χ4v) is 4.83. The molecule has 29 heavy (non-hydrogen) atoms. The maximum absolute atomic E-state index is 5.19. The number of hydrogen-bond donors (Lipinski definition) is 0. The van der Waals surface area contributed by atoms with Gasteiger partial charge in [0.15, 0.2) is 0 Å². The van der Waals surface area contributed by atoms with Crippen LogP contribution >= 0.6 is 0 Å². The first-order valence-corrected chi connectivity index (χ1v) is 10.5. The second-order valence-electron chi connectivity index (χ2n) is 8.18. The zero-order valence-corrected chi connectivity index (χ0v) is 16.8. The number of nitrogens with zero attached hydrogens (tertiary/aromatic N) is 2. The predicted octanol–water partition coefficient (Wildman–Crippen LogP) is 5.49. The van der Waals surface area contributed by atoms with E-state index in [1.165, 1.54) is 41.5 Å². The van der Waals surface area contributed by atoms with Gasteiger partial charge >= 0.3 is 0 Å². The first kappa shape index (κ1) is 18.1. The molecule has 0 atom stereocenters. The molecule has 2 aromatic rings. The molecule has 3 heteroatoms. The number of hydrogen-bond acceptors (Lipinski definition) is 3. The van der Waals surface area contributed by atoms with Crippen molar-refractivity contribution >= 4 is 11.4 Å². The van der Waals surface area contributed by atoms with Gasteiger partial charge in [0.25, 0.3) is 0 Å². The molecule has 0 radical (unpaired) electrons. The molecule has 2 aliphatic carbocycles. The summed E-state index contributed by atoms with van der Waals surface area (Å²) in [6, 6.07) is 21.7. The minimum atomic E-state index is -0.151. The second-order valence-corrected chi connectivity index (χ2v) is 8.18. The van der Waals surface area contributed by atoms with E-state index < -0.39 is 0 Å². The van der Waals surface area contributed by atoms with Crippen molar-refractivity contribution in [1.29, 1.82) is 0 Å². The molecule has 0 aromatic heterocycles. The average molecular weight is 383 g/mol. The lowest BCUT2D eigenvalue weighted by Crippen LogP contribution is -2.32. The first-order chi connectivity index (χ1) is 14.3. The molecule has 3 nitrogen and oxygen atoms in total. The van der Waals surface area contributed by atoms with Crippen molar-refractivity contribution < 1.29 is 4.84 Å². The zero-order chi connectivity index (χ0) is 19.7. The summed E-state index contributed by atoms with van der Waals surface area (Å²) in [4.78, 5) is 10.1. The zero-order valence-electron chi connectivity index (χ0n) is 16.8. The summed E-state index contributed by atoms with van der Waals surface area (Å²) in [5.41, 5.74) is 7.26. The number of oxime groups is 1. The molecule has 0 saturated heterocycles. The van der Waals surface area contributed by atoms with Crippen molar-refractivity contribution in [2.24, 2.45) is 16.1 Å². The summed E-state index contributed by atoms with van der Waals surface area (Å²) in [5.74, 6) is 0.490. The van der Waals surface area contributed by atoms with Crippen molar-refractivity contribution in [3.63, 3.8) is 0 Å². The highest BCUT2D eigenvalue weighted by molar-refractivity contribution is 6.50. The molecule has 1 saturated carbocycles. The van der Waals surface area contributed by atoms with Gasteiger partial charge in [0.2, 0.25) is 0 Å². The van der Waals surface area contributed by atoms with Crippen molar-refractivity contribution in [3.8, 4) is 0 Å². The Morgan fingerprint density at radius 3 is 2.21 bits per heavy atom. The van der Waals surface area contributed by atoms with Crippen LogP contribution in [0, 0.1) is 5.92 Å². The molecule has 5 rings (SSSR count). The van der Waals surface area contributed by atoms with E-state index in [4.69, 9.17) is 9.83 Å². The molecule has 1 heterocycles. The van der Waals surface area contributed by atoms with Crippen LogP contribution in [0.3, 0.4) is 0 Å². The van der Waals surface area contributed by atoms with E-state index in [-0.39, 0.29) is 5.41 Å². The smallest absolute Gasteiger partial charge is 0.109 e. The molecule has 146 valence electrons. The average Bonchev–Trinajstić information content (AvgIpc) is 3.16. The summed E-state index contributed by atoms with van der Waals surface area (Å²) in [6.45, 7) is 0.756. The molecule has 3 aliphatic rings. The monoisotopic (exact) mass is 382 g/mol. The predicted molar refractivity (Wildman–Crippen MR) is 119 cm³/mol. The SMILES string of the molecule is CON=C(C1=NCC2=C1C=CC(c1ccccc1)(c1ccccc1)C2)C1CCC1. The summed E-state index contributed by atoms with van der Waals surface area (Å²) >= 11 is 0. The van der Waals surface area contributed by atoms with Crippen LogP contribution in [-0.2, 0) is 10.3 Å². The standard InChI is InChI=1S/C26H26N2O/c1-29-28-24(19-9-8-10-19)25-23-15-16-26(17-20(23)18-27-25,21-11-4-2-5-12-21)22-13-6-3-7-14-22/h2-7,11-16,19H,8-10,17-18H2,1H3. The van der Waals surface area contributed by atoms with Crippen LogP contribution in [0.1, 0.15) is 36.8 Å². The lowest BCUT2D eigenvalue weighted by atomic mass is 9.67. The van der Waals surface area contributed by atoms with Gasteiger partial charge in [0.05, 0.1) is 12.3 Å². The maximum atomic E-state index is 5.19. The van der Waals surface area contributed by atoms with Crippen LogP contribution in [0.25, 0.3) is 0 Å². The van der Waals surface area contributed by atoms with E-state index in [0.717, 1.165) is 24.4 Å². The van der Waals surface area contributed by atoms with E-state index in [1.54, 1.807) is 7.11 Å². The molecule has 0 amide bonds. The fraction of sp³-hybridized carbons (Fsp3) is 0.308. The van der Waals surface area contributed by atoms with Crippen molar-refractivity contribution in [1.82, 2.24) is 0 Å². The third-order valence-electron chi connectivity index (χ3n) is 6.59. The van der Waals surface area contributed by atoms with Gasteiger partial charge in [0, 0.05) is 16.9 Å². The number of allylic oxidation sites excluding steroid dienone is 3.